The van der Waals surface area contributed by atoms with Gasteiger partial charge in [0.25, 0.3) is 0 Å². The lowest BCUT2D eigenvalue weighted by Gasteiger charge is -2.11. The Balaban J connectivity index is 3.10. The molecule has 0 saturated carbocycles. The summed E-state index contributed by atoms with van der Waals surface area (Å²) in [6, 6.07) is 0. The summed E-state index contributed by atoms with van der Waals surface area (Å²) in [6.45, 7) is 2.38. The lowest BCUT2D eigenvalue weighted by atomic mass is 10.3. The number of nitrogens with two attached hydrogens (primary N) is 1. The van der Waals surface area contributed by atoms with E-state index in [1.807, 2.05) is 6.92 Å². The summed E-state index contributed by atoms with van der Waals surface area (Å²) in [5.74, 6) is 1.62. The number of nitrogen functional groups attached to an aromatic ring is 1. The van der Waals surface area contributed by atoms with Crippen LogP contribution in [-0.4, -0.2) is 28.4 Å². The van der Waals surface area contributed by atoms with Crippen LogP contribution in [0.4, 0.5) is 5.95 Å². The van der Waals surface area contributed by atoms with Crippen LogP contribution in [0.5, 0.6) is 11.8 Å². The van der Waals surface area contributed by atoms with Crippen molar-refractivity contribution in [2.75, 3.05) is 19.5 Å². The maximum Gasteiger partial charge on any atom is 0.226 e. The van der Waals surface area contributed by atoms with E-state index < -0.39 is 0 Å². The van der Waals surface area contributed by atoms with Gasteiger partial charge >= 0.3 is 0 Å². The lowest BCUT2D eigenvalue weighted by molar-refractivity contribution is 0.316. The molecule has 0 amide bonds. The van der Waals surface area contributed by atoms with E-state index in [-0.39, 0.29) is 5.95 Å². The Morgan fingerprint density at radius 3 is 2.69 bits per heavy atom. The van der Waals surface area contributed by atoms with E-state index >= 15 is 0 Å². The molecule has 16 heavy (non-hydrogen) atoms. The van der Waals surface area contributed by atoms with Crippen molar-refractivity contribution in [3.05, 3.63) is 5.56 Å². The Bertz CT molecular complexity index is 374. The molecule has 1 aromatic heterocycles. The Morgan fingerprint density at radius 1 is 1.44 bits per heavy atom. The fraction of sp³-hybridized carbons (Fsp3) is 0.444. The first-order chi connectivity index (χ1) is 7.72. The van der Waals surface area contributed by atoms with Crippen molar-refractivity contribution in [1.82, 2.24) is 9.97 Å². The molecular weight excluding hydrogens is 246 g/mol. The summed E-state index contributed by atoms with van der Waals surface area (Å²) in [7, 11) is 1.53. The molecule has 7 heteroatoms. The highest BCUT2D eigenvalue weighted by molar-refractivity contribution is 8.20. The molecule has 88 valence electrons. The van der Waals surface area contributed by atoms with Crippen molar-refractivity contribution in [2.45, 2.75) is 12.7 Å². The van der Waals surface area contributed by atoms with Gasteiger partial charge in [-0.15, -0.1) is 11.8 Å². The maximum atomic E-state index is 5.55. The molecule has 2 N–H and O–H groups in total. The minimum atomic E-state index is 0.136. The summed E-state index contributed by atoms with van der Waals surface area (Å²) >= 11 is 6.20. The lowest BCUT2D eigenvalue weighted by Crippen LogP contribution is -2.06. The van der Waals surface area contributed by atoms with Gasteiger partial charge in [0.1, 0.15) is 0 Å². The topological polar surface area (TPSA) is 70.3 Å². The summed E-state index contributed by atoms with van der Waals surface area (Å²) in [5, 5.41) is 0. The van der Waals surface area contributed by atoms with Gasteiger partial charge in [0, 0.05) is 10.5 Å². The third kappa shape index (κ3) is 3.21. The quantitative estimate of drug-likeness (QED) is 0.779. The van der Waals surface area contributed by atoms with E-state index in [2.05, 4.69) is 9.97 Å². The van der Waals surface area contributed by atoms with E-state index in [0.717, 1.165) is 5.56 Å². The second kappa shape index (κ2) is 6.49. The molecule has 1 rings (SSSR count). The van der Waals surface area contributed by atoms with Gasteiger partial charge < -0.3 is 15.2 Å². The molecule has 0 spiro atoms. The van der Waals surface area contributed by atoms with Gasteiger partial charge in [-0.1, -0.05) is 12.2 Å². The van der Waals surface area contributed by atoms with Crippen LogP contribution in [0.15, 0.2) is 0 Å². The molecule has 1 aromatic rings. The Labute approximate surface area is 104 Å². The molecular formula is C9H13N3O2S2. The third-order valence-corrected chi connectivity index (χ3v) is 2.72. The molecule has 0 radical (unpaired) electrons. The van der Waals surface area contributed by atoms with Crippen LogP contribution in [0.2, 0.25) is 0 Å². The first kappa shape index (κ1) is 13.0. The number of rotatable bonds is 6. The van der Waals surface area contributed by atoms with Gasteiger partial charge in [-0.2, -0.15) is 9.97 Å². The molecule has 5 nitrogen and oxygen atoms in total. The SMILES string of the molecule is CCOc1nc(N)nc(OC)c1CSC=S. The Hall–Kier alpha value is -1.08. The van der Waals surface area contributed by atoms with Crippen LogP contribution in [0.1, 0.15) is 12.5 Å². The largest absolute Gasteiger partial charge is 0.481 e. The zero-order valence-corrected chi connectivity index (χ0v) is 10.7. The van der Waals surface area contributed by atoms with Crippen LogP contribution >= 0.6 is 24.0 Å². The Kier molecular flexibility index (Phi) is 5.27. The standard InChI is InChI=1S/C9H13N3O2S2/c1-3-14-8-6(4-16-5-15)7(13-2)11-9(10)12-8/h5H,3-4H2,1-2H3,(H2,10,11,12). The second-order valence-corrected chi connectivity index (χ2v) is 4.11. The monoisotopic (exact) mass is 259 g/mol. The molecule has 0 unspecified atom stereocenters. The minimum absolute atomic E-state index is 0.136. The summed E-state index contributed by atoms with van der Waals surface area (Å²) in [5.41, 5.74) is 6.31. The second-order valence-electron chi connectivity index (χ2n) is 2.72. The number of hydrogen-bond donors (Lipinski definition) is 1. The zero-order valence-electron chi connectivity index (χ0n) is 9.10. The number of nitrogens with zero attached hydrogens (tertiary/aromatic N) is 2. The predicted molar refractivity (Wildman–Crippen MR) is 69.1 cm³/mol. The summed E-state index contributed by atoms with van der Waals surface area (Å²) < 4.78 is 12.1. The van der Waals surface area contributed by atoms with E-state index in [9.17, 15) is 0 Å². The van der Waals surface area contributed by atoms with Gasteiger partial charge in [-0.25, -0.2) is 0 Å². The molecule has 1 heterocycles. The molecule has 0 fully saturated rings. The Morgan fingerprint density at radius 2 is 2.12 bits per heavy atom. The third-order valence-electron chi connectivity index (χ3n) is 1.72. The number of thioether (sulfide) groups is 1. The van der Waals surface area contributed by atoms with Crippen molar-refractivity contribution in [3.63, 3.8) is 0 Å². The van der Waals surface area contributed by atoms with E-state index in [0.29, 0.717) is 24.1 Å². The van der Waals surface area contributed by atoms with Crippen LogP contribution in [0, 0.1) is 0 Å². The fourth-order valence-corrected chi connectivity index (χ4v) is 1.81. The highest BCUT2D eigenvalue weighted by atomic mass is 32.2. The first-order valence-electron chi connectivity index (χ1n) is 4.61. The van der Waals surface area contributed by atoms with Crippen molar-refractivity contribution in [2.24, 2.45) is 0 Å². The van der Waals surface area contributed by atoms with E-state index in [1.165, 1.54) is 18.9 Å². The molecule has 0 aliphatic carbocycles. The zero-order chi connectivity index (χ0) is 12.0. The number of methoxy groups -OCH3 is 1. The number of aromatic nitrogens is 2. The van der Waals surface area contributed by atoms with E-state index in [4.69, 9.17) is 27.4 Å². The van der Waals surface area contributed by atoms with Gasteiger partial charge in [0.15, 0.2) is 0 Å². The van der Waals surface area contributed by atoms with Crippen LogP contribution < -0.4 is 15.2 Å². The molecule has 0 atom stereocenters. The predicted octanol–water partition coefficient (Wildman–Crippen LogP) is 1.66. The number of hydrogen-bond acceptors (Lipinski definition) is 7. The van der Waals surface area contributed by atoms with Crippen molar-refractivity contribution in [1.29, 1.82) is 0 Å². The van der Waals surface area contributed by atoms with Gasteiger partial charge in [0.05, 0.1) is 19.3 Å². The maximum absolute atomic E-state index is 5.55. The molecule has 0 aliphatic rings. The first-order valence-corrected chi connectivity index (χ1v) is 6.13. The van der Waals surface area contributed by atoms with Gasteiger partial charge in [-0.05, 0) is 6.92 Å². The van der Waals surface area contributed by atoms with Crippen LogP contribution in [-0.2, 0) is 5.75 Å². The van der Waals surface area contributed by atoms with Crippen molar-refractivity contribution in [3.8, 4) is 11.8 Å². The molecule has 0 aliphatic heterocycles. The van der Waals surface area contributed by atoms with Crippen molar-refractivity contribution >= 4 is 34.6 Å². The van der Waals surface area contributed by atoms with Gasteiger partial charge in [-0.3, -0.25) is 0 Å². The highest BCUT2D eigenvalue weighted by Gasteiger charge is 2.14. The number of ether oxygens (including phenoxy) is 2. The summed E-state index contributed by atoms with van der Waals surface area (Å²) in [6.07, 6.45) is 0. The average molecular weight is 259 g/mol. The van der Waals surface area contributed by atoms with Gasteiger partial charge in [0.2, 0.25) is 17.7 Å². The van der Waals surface area contributed by atoms with Crippen molar-refractivity contribution < 1.29 is 9.47 Å². The van der Waals surface area contributed by atoms with E-state index in [1.54, 1.807) is 4.70 Å². The fourth-order valence-electron chi connectivity index (χ4n) is 1.13. The normalized spacial score (nSPS) is 9.88. The molecule has 0 bridgehead atoms. The highest BCUT2D eigenvalue weighted by Crippen LogP contribution is 2.29. The average Bonchev–Trinajstić information content (AvgIpc) is 2.27. The summed E-state index contributed by atoms with van der Waals surface area (Å²) in [4.78, 5) is 8.02. The molecule has 0 saturated heterocycles. The number of thiocarbonyl (C=S) groups is 1. The minimum Gasteiger partial charge on any atom is -0.481 e. The number of anilines is 1. The smallest absolute Gasteiger partial charge is 0.226 e. The van der Waals surface area contributed by atoms with Crippen LogP contribution in [0.25, 0.3) is 0 Å². The molecule has 0 aromatic carbocycles. The van der Waals surface area contributed by atoms with Crippen LogP contribution in [0.3, 0.4) is 0 Å².